The molecule has 27 heavy (non-hydrogen) atoms. The minimum absolute atomic E-state index is 0.0285. The summed E-state index contributed by atoms with van der Waals surface area (Å²) < 4.78 is 7.95. The van der Waals surface area contributed by atoms with Crippen molar-refractivity contribution in [3.05, 3.63) is 66.2 Å². The predicted octanol–water partition coefficient (Wildman–Crippen LogP) is 4.56. The summed E-state index contributed by atoms with van der Waals surface area (Å²) in [6.45, 7) is 4.32. The van der Waals surface area contributed by atoms with Gasteiger partial charge in [-0.2, -0.15) is 0 Å². The lowest BCUT2D eigenvalue weighted by Gasteiger charge is -2.24. The van der Waals surface area contributed by atoms with E-state index in [1.165, 1.54) is 0 Å². The molecule has 0 fully saturated rings. The van der Waals surface area contributed by atoms with Gasteiger partial charge in [0, 0.05) is 18.9 Å². The Morgan fingerprint density at radius 1 is 1.19 bits per heavy atom. The van der Waals surface area contributed by atoms with Gasteiger partial charge in [-0.3, -0.25) is 4.79 Å². The highest BCUT2D eigenvalue weighted by Crippen LogP contribution is 2.27. The van der Waals surface area contributed by atoms with Crippen LogP contribution in [0.2, 0.25) is 0 Å². The molecule has 1 amide bonds. The highest BCUT2D eigenvalue weighted by molar-refractivity contribution is 5.82. The van der Waals surface area contributed by atoms with Crippen LogP contribution in [-0.2, 0) is 17.8 Å². The molecule has 0 aliphatic carbocycles. The van der Waals surface area contributed by atoms with Gasteiger partial charge in [-0.15, -0.1) is 0 Å². The van der Waals surface area contributed by atoms with Crippen LogP contribution < -0.4 is 0 Å². The summed E-state index contributed by atoms with van der Waals surface area (Å²) in [5.74, 6) is 1.74. The molecule has 1 atom stereocenters. The Balaban J connectivity index is 1.59. The van der Waals surface area contributed by atoms with Gasteiger partial charge in [0.05, 0.1) is 17.1 Å². The second-order valence-corrected chi connectivity index (χ2v) is 6.82. The highest BCUT2D eigenvalue weighted by atomic mass is 16.3. The zero-order valence-corrected chi connectivity index (χ0v) is 15.8. The van der Waals surface area contributed by atoms with Crippen molar-refractivity contribution in [3.8, 4) is 0 Å². The Hall–Kier alpha value is -3.08. The lowest BCUT2D eigenvalue weighted by Crippen LogP contribution is -2.32. The minimum Gasteiger partial charge on any atom is -0.459 e. The highest BCUT2D eigenvalue weighted by Gasteiger charge is 2.22. The number of rotatable bonds is 5. The predicted molar refractivity (Wildman–Crippen MR) is 107 cm³/mol. The van der Waals surface area contributed by atoms with Gasteiger partial charge in [0.2, 0.25) is 5.91 Å². The summed E-state index contributed by atoms with van der Waals surface area (Å²) in [6.07, 6.45) is 0.783. The number of carbonyl (C=O) groups excluding carboxylic acids is 1. The third-order valence-corrected chi connectivity index (χ3v) is 5.17. The Kier molecular flexibility index (Phi) is 4.44. The molecule has 2 aromatic carbocycles. The van der Waals surface area contributed by atoms with Gasteiger partial charge >= 0.3 is 0 Å². The molecule has 0 radical (unpaired) electrons. The molecule has 2 aromatic heterocycles. The molecule has 0 bridgehead atoms. The molecule has 0 aliphatic heterocycles. The van der Waals surface area contributed by atoms with Crippen molar-refractivity contribution in [2.45, 2.75) is 32.9 Å². The number of amides is 1. The Bertz CT molecular complexity index is 1080. The second kappa shape index (κ2) is 6.91. The monoisotopic (exact) mass is 361 g/mol. The van der Waals surface area contributed by atoms with Crippen LogP contribution in [-0.4, -0.2) is 27.4 Å². The summed E-state index contributed by atoms with van der Waals surface area (Å²) in [7, 11) is 1.82. The van der Waals surface area contributed by atoms with E-state index in [1.54, 1.807) is 4.90 Å². The van der Waals surface area contributed by atoms with E-state index in [0.717, 1.165) is 40.0 Å². The number of imidazole rings is 1. The fraction of sp³-hybridized carbons (Fsp3) is 0.273. The number of fused-ring (bicyclic) bond motifs is 2. The van der Waals surface area contributed by atoms with Gasteiger partial charge in [0.1, 0.15) is 23.7 Å². The molecule has 4 aromatic rings. The number of hydrogen-bond acceptors (Lipinski definition) is 3. The summed E-state index contributed by atoms with van der Waals surface area (Å²) in [4.78, 5) is 19.4. The van der Waals surface area contributed by atoms with Crippen LogP contribution in [0.3, 0.4) is 0 Å². The van der Waals surface area contributed by atoms with Gasteiger partial charge in [0.15, 0.2) is 0 Å². The zero-order valence-electron chi connectivity index (χ0n) is 15.8. The molecule has 2 heterocycles. The van der Waals surface area contributed by atoms with E-state index in [4.69, 9.17) is 4.42 Å². The van der Waals surface area contributed by atoms with Gasteiger partial charge in [0.25, 0.3) is 0 Å². The van der Waals surface area contributed by atoms with Crippen molar-refractivity contribution in [2.75, 3.05) is 7.05 Å². The maximum absolute atomic E-state index is 13.0. The van der Waals surface area contributed by atoms with E-state index in [-0.39, 0.29) is 18.5 Å². The number of carbonyl (C=O) groups is 1. The van der Waals surface area contributed by atoms with Gasteiger partial charge < -0.3 is 13.9 Å². The lowest BCUT2D eigenvalue weighted by molar-refractivity contribution is -0.132. The first-order chi connectivity index (χ1) is 13.1. The SMILES string of the molecule is CCc1nc2ccccc2n1CC(=O)N(C)C(C)c1cc2ccccc2o1. The fourth-order valence-corrected chi connectivity index (χ4v) is 3.43. The van der Waals surface area contributed by atoms with Gasteiger partial charge in [-0.1, -0.05) is 37.3 Å². The van der Waals surface area contributed by atoms with Crippen molar-refractivity contribution >= 4 is 27.9 Å². The van der Waals surface area contributed by atoms with Crippen molar-refractivity contribution in [1.82, 2.24) is 14.5 Å². The Morgan fingerprint density at radius 2 is 1.93 bits per heavy atom. The maximum Gasteiger partial charge on any atom is 0.242 e. The lowest BCUT2D eigenvalue weighted by atomic mass is 10.2. The second-order valence-electron chi connectivity index (χ2n) is 6.82. The number of benzene rings is 2. The molecule has 0 spiro atoms. The summed E-state index contributed by atoms with van der Waals surface area (Å²) in [6, 6.07) is 17.7. The molecule has 4 rings (SSSR count). The van der Waals surface area contributed by atoms with Crippen LogP contribution in [0, 0.1) is 0 Å². The fourth-order valence-electron chi connectivity index (χ4n) is 3.43. The number of furan rings is 1. The van der Waals surface area contributed by atoms with E-state index < -0.39 is 0 Å². The standard InChI is InChI=1S/C22H23N3O2/c1-4-21-23-17-10-6-7-11-18(17)25(21)14-22(26)24(3)15(2)20-13-16-9-5-8-12-19(16)27-20/h5-13,15H,4,14H2,1-3H3. The number of likely N-dealkylation sites (N-methyl/N-ethyl adjacent to an activating group) is 1. The topological polar surface area (TPSA) is 51.3 Å². The van der Waals surface area contributed by atoms with Gasteiger partial charge in [-0.05, 0) is 31.2 Å². The molecular formula is C22H23N3O2. The van der Waals surface area contributed by atoms with Crippen molar-refractivity contribution in [2.24, 2.45) is 0 Å². The van der Waals surface area contributed by atoms with Crippen molar-refractivity contribution in [3.63, 3.8) is 0 Å². The maximum atomic E-state index is 13.0. The normalized spacial score (nSPS) is 12.6. The van der Waals surface area contributed by atoms with Crippen molar-refractivity contribution < 1.29 is 9.21 Å². The third-order valence-electron chi connectivity index (χ3n) is 5.17. The zero-order chi connectivity index (χ0) is 19.0. The summed E-state index contributed by atoms with van der Waals surface area (Å²) >= 11 is 0. The van der Waals surface area contributed by atoms with E-state index in [2.05, 4.69) is 11.9 Å². The number of hydrogen-bond donors (Lipinski definition) is 0. The van der Waals surface area contributed by atoms with Crippen LogP contribution >= 0.6 is 0 Å². The van der Waals surface area contributed by atoms with E-state index >= 15 is 0 Å². The molecular weight excluding hydrogens is 338 g/mol. The largest absolute Gasteiger partial charge is 0.459 e. The first-order valence-electron chi connectivity index (χ1n) is 9.26. The number of nitrogens with zero attached hydrogens (tertiary/aromatic N) is 3. The van der Waals surface area contributed by atoms with Crippen molar-refractivity contribution in [1.29, 1.82) is 0 Å². The van der Waals surface area contributed by atoms with Crippen LogP contribution in [0.4, 0.5) is 0 Å². The molecule has 5 heteroatoms. The van der Waals surface area contributed by atoms with Crippen LogP contribution in [0.25, 0.3) is 22.0 Å². The average molecular weight is 361 g/mol. The molecule has 138 valence electrons. The Morgan fingerprint density at radius 3 is 2.70 bits per heavy atom. The van der Waals surface area contributed by atoms with Crippen LogP contribution in [0.5, 0.6) is 0 Å². The molecule has 1 unspecified atom stereocenters. The number of para-hydroxylation sites is 3. The van der Waals surface area contributed by atoms with Gasteiger partial charge in [-0.25, -0.2) is 4.98 Å². The first kappa shape index (κ1) is 17.3. The van der Waals surface area contributed by atoms with E-state index in [0.29, 0.717) is 0 Å². The number of aryl methyl sites for hydroxylation is 1. The Labute approximate surface area is 158 Å². The van der Waals surface area contributed by atoms with Crippen LogP contribution in [0.1, 0.15) is 31.5 Å². The summed E-state index contributed by atoms with van der Waals surface area (Å²) in [5, 5.41) is 1.05. The minimum atomic E-state index is -0.148. The average Bonchev–Trinajstić information content (AvgIpc) is 3.28. The van der Waals surface area contributed by atoms with E-state index in [9.17, 15) is 4.79 Å². The quantitative estimate of drug-likeness (QED) is 0.523. The molecule has 0 N–H and O–H groups in total. The summed E-state index contributed by atoms with van der Waals surface area (Å²) in [5.41, 5.74) is 2.76. The van der Waals surface area contributed by atoms with Crippen LogP contribution in [0.15, 0.2) is 59.0 Å². The molecule has 0 aliphatic rings. The number of aromatic nitrogens is 2. The van der Waals surface area contributed by atoms with E-state index in [1.807, 2.05) is 73.1 Å². The molecule has 0 saturated carbocycles. The molecule has 0 saturated heterocycles. The molecule has 5 nitrogen and oxygen atoms in total. The first-order valence-corrected chi connectivity index (χ1v) is 9.26. The smallest absolute Gasteiger partial charge is 0.242 e. The third kappa shape index (κ3) is 3.10.